The molecule has 32 heavy (non-hydrogen) atoms. The van der Waals surface area contributed by atoms with Gasteiger partial charge >= 0.3 is 6.18 Å². The van der Waals surface area contributed by atoms with Gasteiger partial charge in [-0.2, -0.15) is 22.6 Å². The zero-order valence-electron chi connectivity index (χ0n) is 17.1. The van der Waals surface area contributed by atoms with Crippen molar-refractivity contribution in [3.05, 3.63) is 57.5 Å². The zero-order valence-corrected chi connectivity index (χ0v) is 17.9. The summed E-state index contributed by atoms with van der Waals surface area (Å²) in [6.45, 7) is 2.21. The van der Waals surface area contributed by atoms with Crippen LogP contribution in [0.15, 0.2) is 35.1 Å². The first-order valence-corrected chi connectivity index (χ1v) is 11.2. The number of carbonyl (C=O) groups is 1. The van der Waals surface area contributed by atoms with Crippen molar-refractivity contribution in [2.75, 3.05) is 38.6 Å². The van der Waals surface area contributed by atoms with Gasteiger partial charge in [-0.3, -0.25) is 9.59 Å². The smallest absolute Gasteiger partial charge is 0.379 e. The molecule has 1 aromatic carbocycles. The minimum Gasteiger partial charge on any atom is -0.379 e. The van der Waals surface area contributed by atoms with Gasteiger partial charge in [-0.1, -0.05) is 6.07 Å². The van der Waals surface area contributed by atoms with Gasteiger partial charge in [0.2, 0.25) is 15.5 Å². The molecule has 0 bridgehead atoms. The van der Waals surface area contributed by atoms with Gasteiger partial charge in [0.25, 0.3) is 5.91 Å². The minimum absolute atomic E-state index is 0.0151. The number of hydrogen-bond donors (Lipinski definition) is 1. The third-order valence-electron chi connectivity index (χ3n) is 4.75. The number of alkyl halides is 3. The first kappa shape index (κ1) is 23.9. The summed E-state index contributed by atoms with van der Waals surface area (Å²) in [4.78, 5) is 24.7. The lowest BCUT2D eigenvalue weighted by atomic mass is 10.2. The predicted octanol–water partition coefficient (Wildman–Crippen LogP) is 0.952. The Morgan fingerprint density at radius 3 is 2.56 bits per heavy atom. The van der Waals surface area contributed by atoms with Crippen LogP contribution in [0.4, 0.5) is 13.2 Å². The molecule has 0 aliphatic carbocycles. The largest absolute Gasteiger partial charge is 0.416 e. The molecule has 0 atom stereocenters. The summed E-state index contributed by atoms with van der Waals surface area (Å²) in [5, 5.41) is 6.26. The quantitative estimate of drug-likeness (QED) is 0.668. The maximum absolute atomic E-state index is 13.0. The number of amides is 1. The Morgan fingerprint density at radius 2 is 1.91 bits per heavy atom. The molecule has 0 radical (unpaired) electrons. The van der Waals surface area contributed by atoms with Crippen molar-refractivity contribution in [2.45, 2.75) is 13.1 Å². The number of aryl methyl sites for hydroxylation is 1. The van der Waals surface area contributed by atoms with Gasteiger partial charge in [0.15, 0.2) is 5.69 Å². The van der Waals surface area contributed by atoms with Gasteiger partial charge in [0.1, 0.15) is 0 Å². The number of halogens is 3. The van der Waals surface area contributed by atoms with Crippen LogP contribution in [0.5, 0.6) is 0 Å². The molecule has 2 aromatic rings. The number of nitrogens with zero attached hydrogens (tertiary/aromatic N) is 3. The monoisotopic (exact) mass is 474 g/mol. The van der Waals surface area contributed by atoms with Crippen molar-refractivity contribution in [3.8, 4) is 5.69 Å². The predicted molar refractivity (Wildman–Crippen MR) is 108 cm³/mol. The molecule has 1 aliphatic heterocycles. The molecule has 1 saturated heterocycles. The van der Waals surface area contributed by atoms with Gasteiger partial charge in [0, 0.05) is 31.4 Å². The maximum Gasteiger partial charge on any atom is 0.416 e. The second-order valence-corrected chi connectivity index (χ2v) is 9.13. The molecule has 1 amide bonds. The van der Waals surface area contributed by atoms with Crippen molar-refractivity contribution in [2.24, 2.45) is 0 Å². The molecule has 1 aliphatic rings. The fourth-order valence-corrected chi connectivity index (χ4v) is 4.43. The first-order chi connectivity index (χ1) is 15.0. The van der Waals surface area contributed by atoms with Gasteiger partial charge in [-0.25, -0.2) is 13.1 Å². The van der Waals surface area contributed by atoms with E-state index in [1.165, 1.54) is 23.4 Å². The van der Waals surface area contributed by atoms with E-state index in [0.717, 1.165) is 22.9 Å². The molecule has 3 rings (SSSR count). The molecule has 1 N–H and O–H groups in total. The lowest BCUT2D eigenvalue weighted by molar-refractivity contribution is -0.137. The highest BCUT2D eigenvalue weighted by molar-refractivity contribution is 7.89. The Bertz CT molecular complexity index is 1160. The van der Waals surface area contributed by atoms with Crippen molar-refractivity contribution < 1.29 is 31.1 Å². The highest BCUT2D eigenvalue weighted by Gasteiger charge is 2.31. The van der Waals surface area contributed by atoms with Crippen molar-refractivity contribution in [1.82, 2.24) is 19.4 Å². The number of hydrogen-bond acceptors (Lipinski definition) is 6. The third-order valence-corrected chi connectivity index (χ3v) is 6.62. The topological polar surface area (TPSA) is 111 Å². The standard InChI is InChI=1S/C19H21F3N4O5S/c1-13-11-16(27)17(24-26(13)15-4-2-3-14(12-15)19(20,21)22)18(28)23-5-10-32(29,30)25-6-8-31-9-7-25/h2-4,11-12H,5-10H2,1H3,(H,23,28). The van der Waals surface area contributed by atoms with Crippen LogP contribution >= 0.6 is 0 Å². The fraction of sp³-hybridized carbons (Fsp3) is 0.421. The molecule has 13 heteroatoms. The minimum atomic E-state index is -4.57. The van der Waals surface area contributed by atoms with E-state index in [4.69, 9.17) is 4.74 Å². The summed E-state index contributed by atoms with van der Waals surface area (Å²) in [7, 11) is -3.62. The van der Waals surface area contributed by atoms with Crippen LogP contribution in [0.25, 0.3) is 5.69 Å². The summed E-state index contributed by atoms with van der Waals surface area (Å²) in [5.41, 5.74) is -1.97. The summed E-state index contributed by atoms with van der Waals surface area (Å²) in [6.07, 6.45) is -4.57. The van der Waals surface area contributed by atoms with Crippen LogP contribution in [0.1, 0.15) is 21.7 Å². The Morgan fingerprint density at radius 1 is 1.22 bits per heavy atom. The SMILES string of the molecule is Cc1cc(=O)c(C(=O)NCCS(=O)(=O)N2CCOCC2)nn1-c1cccc(C(F)(F)F)c1. The number of ether oxygens (including phenoxy) is 1. The van der Waals surface area contributed by atoms with Gasteiger partial charge < -0.3 is 10.1 Å². The Hall–Kier alpha value is -2.77. The fourth-order valence-electron chi connectivity index (χ4n) is 3.11. The normalized spacial score (nSPS) is 15.5. The molecule has 1 aromatic heterocycles. The second kappa shape index (κ2) is 9.38. The van der Waals surface area contributed by atoms with E-state index in [1.807, 2.05) is 0 Å². The molecule has 174 valence electrons. The van der Waals surface area contributed by atoms with Gasteiger partial charge in [-0.05, 0) is 25.1 Å². The van der Waals surface area contributed by atoms with Crippen LogP contribution in [0.2, 0.25) is 0 Å². The highest BCUT2D eigenvalue weighted by atomic mass is 32.2. The average Bonchev–Trinajstić information content (AvgIpc) is 2.73. The lowest BCUT2D eigenvalue weighted by Gasteiger charge is -2.26. The Kier molecular flexibility index (Phi) is 7.00. The number of carbonyl (C=O) groups excluding carboxylic acids is 1. The second-order valence-electron chi connectivity index (χ2n) is 7.04. The number of rotatable bonds is 6. The van der Waals surface area contributed by atoms with Crippen LogP contribution in [-0.4, -0.2) is 67.0 Å². The maximum atomic E-state index is 13.0. The number of aromatic nitrogens is 2. The molecule has 2 heterocycles. The number of nitrogens with one attached hydrogen (secondary N) is 1. The number of benzene rings is 1. The molecule has 1 fully saturated rings. The average molecular weight is 474 g/mol. The molecule has 0 saturated carbocycles. The molecular weight excluding hydrogens is 453 g/mol. The molecule has 0 unspecified atom stereocenters. The van der Waals surface area contributed by atoms with E-state index >= 15 is 0 Å². The number of morpholine rings is 1. The van der Waals surface area contributed by atoms with E-state index in [0.29, 0.717) is 0 Å². The van der Waals surface area contributed by atoms with E-state index in [9.17, 15) is 31.2 Å². The highest BCUT2D eigenvalue weighted by Crippen LogP contribution is 2.30. The van der Waals surface area contributed by atoms with Crippen molar-refractivity contribution in [3.63, 3.8) is 0 Å². The summed E-state index contributed by atoms with van der Waals surface area (Å²) in [6, 6.07) is 5.36. The summed E-state index contributed by atoms with van der Waals surface area (Å²) in [5.74, 6) is -1.31. The van der Waals surface area contributed by atoms with E-state index in [2.05, 4.69) is 10.4 Å². The van der Waals surface area contributed by atoms with Gasteiger partial charge in [-0.15, -0.1) is 0 Å². The molecule has 0 spiro atoms. The van der Waals surface area contributed by atoms with Crippen molar-refractivity contribution >= 4 is 15.9 Å². The molecular formula is C19H21F3N4O5S. The van der Waals surface area contributed by atoms with Crippen LogP contribution in [0, 0.1) is 6.92 Å². The molecule has 9 nitrogen and oxygen atoms in total. The van der Waals surface area contributed by atoms with Gasteiger partial charge in [0.05, 0.1) is 30.2 Å². The van der Waals surface area contributed by atoms with E-state index < -0.39 is 38.8 Å². The van der Waals surface area contributed by atoms with Crippen LogP contribution < -0.4 is 10.7 Å². The van der Waals surface area contributed by atoms with Crippen molar-refractivity contribution in [1.29, 1.82) is 0 Å². The zero-order chi connectivity index (χ0) is 23.5. The third kappa shape index (κ3) is 5.53. The Balaban J connectivity index is 1.77. The van der Waals surface area contributed by atoms with E-state index in [1.54, 1.807) is 0 Å². The number of sulfonamides is 1. The van der Waals surface area contributed by atoms with Crippen LogP contribution in [0.3, 0.4) is 0 Å². The summed E-state index contributed by atoms with van der Waals surface area (Å²) >= 11 is 0. The lowest BCUT2D eigenvalue weighted by Crippen LogP contribution is -2.44. The summed E-state index contributed by atoms with van der Waals surface area (Å²) < 4.78 is 71.1. The first-order valence-electron chi connectivity index (χ1n) is 9.61. The Labute approximate surface area is 181 Å². The van der Waals surface area contributed by atoms with Crippen LogP contribution in [-0.2, 0) is 20.9 Å². The van der Waals surface area contributed by atoms with E-state index in [-0.39, 0.29) is 50.0 Å².